The lowest BCUT2D eigenvalue weighted by molar-refractivity contribution is 0.141. The van der Waals surface area contributed by atoms with Crippen molar-refractivity contribution < 1.29 is 0 Å². The SMILES string of the molecule is CCCNC1CC(CCC)CN(CC)C1. The summed E-state index contributed by atoms with van der Waals surface area (Å²) in [5, 5.41) is 3.68. The minimum atomic E-state index is 0.746. The van der Waals surface area contributed by atoms with Gasteiger partial charge >= 0.3 is 0 Å². The minimum Gasteiger partial charge on any atom is -0.313 e. The van der Waals surface area contributed by atoms with Gasteiger partial charge in [0.25, 0.3) is 0 Å². The molecule has 1 N–H and O–H groups in total. The van der Waals surface area contributed by atoms with Crippen molar-refractivity contribution in [2.75, 3.05) is 26.2 Å². The molecule has 0 aliphatic carbocycles. The zero-order chi connectivity index (χ0) is 11.1. The first-order valence-corrected chi connectivity index (χ1v) is 6.75. The van der Waals surface area contributed by atoms with Gasteiger partial charge in [0.05, 0.1) is 0 Å². The highest BCUT2D eigenvalue weighted by molar-refractivity contribution is 4.82. The lowest BCUT2D eigenvalue weighted by Gasteiger charge is -2.37. The number of nitrogens with zero attached hydrogens (tertiary/aromatic N) is 1. The molecular formula is C13H28N2. The molecule has 0 bridgehead atoms. The van der Waals surface area contributed by atoms with Gasteiger partial charge in [-0.05, 0) is 38.3 Å². The highest BCUT2D eigenvalue weighted by Gasteiger charge is 2.24. The zero-order valence-electron chi connectivity index (χ0n) is 10.8. The Hall–Kier alpha value is -0.0800. The summed E-state index contributed by atoms with van der Waals surface area (Å²) in [6.07, 6.45) is 5.38. The van der Waals surface area contributed by atoms with Crippen molar-refractivity contribution in [2.24, 2.45) is 5.92 Å². The maximum Gasteiger partial charge on any atom is 0.0198 e. The molecule has 1 saturated heterocycles. The van der Waals surface area contributed by atoms with Gasteiger partial charge in [-0.2, -0.15) is 0 Å². The number of rotatable bonds is 6. The van der Waals surface area contributed by atoms with Crippen LogP contribution < -0.4 is 5.32 Å². The summed E-state index contributed by atoms with van der Waals surface area (Å²) in [4.78, 5) is 2.61. The molecule has 1 fully saturated rings. The Morgan fingerprint density at radius 2 is 1.93 bits per heavy atom. The van der Waals surface area contributed by atoms with E-state index < -0.39 is 0 Å². The van der Waals surface area contributed by atoms with Crippen LogP contribution in [0, 0.1) is 5.92 Å². The van der Waals surface area contributed by atoms with E-state index in [4.69, 9.17) is 0 Å². The van der Waals surface area contributed by atoms with Gasteiger partial charge in [-0.1, -0.05) is 27.2 Å². The second-order valence-electron chi connectivity index (χ2n) is 4.89. The van der Waals surface area contributed by atoms with E-state index in [-0.39, 0.29) is 0 Å². The van der Waals surface area contributed by atoms with Crippen LogP contribution in [0.15, 0.2) is 0 Å². The van der Waals surface area contributed by atoms with E-state index in [1.807, 2.05) is 0 Å². The van der Waals surface area contributed by atoms with Crippen LogP contribution in [0.1, 0.15) is 46.5 Å². The number of hydrogen-bond acceptors (Lipinski definition) is 2. The average molecular weight is 212 g/mol. The fourth-order valence-corrected chi connectivity index (χ4v) is 2.67. The summed E-state index contributed by atoms with van der Waals surface area (Å²) in [6, 6.07) is 0.746. The van der Waals surface area contributed by atoms with Crippen LogP contribution in [0.3, 0.4) is 0 Å². The van der Waals surface area contributed by atoms with Gasteiger partial charge in [-0.15, -0.1) is 0 Å². The summed E-state index contributed by atoms with van der Waals surface area (Å²) in [5.74, 6) is 0.929. The van der Waals surface area contributed by atoms with Crippen molar-refractivity contribution in [3.8, 4) is 0 Å². The molecule has 2 nitrogen and oxygen atoms in total. The molecule has 0 aromatic heterocycles. The smallest absolute Gasteiger partial charge is 0.0198 e. The molecule has 15 heavy (non-hydrogen) atoms. The largest absolute Gasteiger partial charge is 0.313 e. The Kier molecular flexibility index (Phi) is 6.26. The summed E-state index contributed by atoms with van der Waals surface area (Å²) in [7, 11) is 0. The Bertz CT molecular complexity index is 159. The van der Waals surface area contributed by atoms with Gasteiger partial charge in [0.1, 0.15) is 0 Å². The molecule has 0 aromatic rings. The summed E-state index contributed by atoms with van der Waals surface area (Å²) in [6.45, 7) is 11.8. The van der Waals surface area contributed by atoms with Crippen LogP contribution in [-0.2, 0) is 0 Å². The van der Waals surface area contributed by atoms with E-state index >= 15 is 0 Å². The summed E-state index contributed by atoms with van der Waals surface area (Å²) >= 11 is 0. The van der Waals surface area contributed by atoms with Gasteiger partial charge < -0.3 is 10.2 Å². The van der Waals surface area contributed by atoms with E-state index in [2.05, 4.69) is 31.0 Å². The molecule has 1 rings (SSSR count). The first-order valence-electron chi connectivity index (χ1n) is 6.75. The molecule has 2 heteroatoms. The van der Waals surface area contributed by atoms with Crippen molar-refractivity contribution in [2.45, 2.75) is 52.5 Å². The molecule has 2 atom stereocenters. The van der Waals surface area contributed by atoms with E-state index in [1.165, 1.54) is 51.9 Å². The Labute approximate surface area is 95.4 Å². The van der Waals surface area contributed by atoms with Crippen LogP contribution >= 0.6 is 0 Å². The first kappa shape index (κ1) is 13.0. The highest BCUT2D eigenvalue weighted by atomic mass is 15.2. The monoisotopic (exact) mass is 212 g/mol. The van der Waals surface area contributed by atoms with Crippen LogP contribution in [0.25, 0.3) is 0 Å². The maximum atomic E-state index is 3.68. The molecule has 1 heterocycles. The molecule has 0 amide bonds. The van der Waals surface area contributed by atoms with E-state index in [0.29, 0.717) is 0 Å². The summed E-state index contributed by atoms with van der Waals surface area (Å²) in [5.41, 5.74) is 0. The molecule has 0 aromatic carbocycles. The number of likely N-dealkylation sites (N-methyl/N-ethyl adjacent to an activating group) is 1. The number of piperidine rings is 1. The van der Waals surface area contributed by atoms with Crippen molar-refractivity contribution in [1.82, 2.24) is 10.2 Å². The highest BCUT2D eigenvalue weighted by Crippen LogP contribution is 2.21. The standard InChI is InChI=1S/C13H28N2/c1-4-7-12-9-13(14-8-5-2)11-15(6-3)10-12/h12-14H,4-11H2,1-3H3. The number of likely N-dealkylation sites (tertiary alicyclic amines) is 1. The number of hydrogen-bond donors (Lipinski definition) is 1. The van der Waals surface area contributed by atoms with Crippen LogP contribution in [0.5, 0.6) is 0 Å². The Morgan fingerprint density at radius 3 is 2.53 bits per heavy atom. The zero-order valence-corrected chi connectivity index (χ0v) is 10.8. The third-order valence-electron chi connectivity index (χ3n) is 3.44. The van der Waals surface area contributed by atoms with Crippen molar-refractivity contribution in [3.63, 3.8) is 0 Å². The molecule has 1 aliphatic rings. The van der Waals surface area contributed by atoms with Crippen molar-refractivity contribution in [1.29, 1.82) is 0 Å². The lowest BCUT2D eigenvalue weighted by atomic mass is 9.90. The molecular weight excluding hydrogens is 184 g/mol. The maximum absolute atomic E-state index is 3.68. The van der Waals surface area contributed by atoms with E-state index in [0.717, 1.165) is 12.0 Å². The second kappa shape index (κ2) is 7.24. The Morgan fingerprint density at radius 1 is 1.13 bits per heavy atom. The molecule has 0 spiro atoms. The quantitative estimate of drug-likeness (QED) is 0.728. The second-order valence-corrected chi connectivity index (χ2v) is 4.89. The normalized spacial score (nSPS) is 28.2. The van der Waals surface area contributed by atoms with Gasteiger partial charge in [0.2, 0.25) is 0 Å². The van der Waals surface area contributed by atoms with Crippen LogP contribution in [-0.4, -0.2) is 37.1 Å². The van der Waals surface area contributed by atoms with Gasteiger partial charge in [-0.25, -0.2) is 0 Å². The average Bonchev–Trinajstić information content (AvgIpc) is 2.26. The van der Waals surface area contributed by atoms with Crippen molar-refractivity contribution in [3.05, 3.63) is 0 Å². The molecule has 0 saturated carbocycles. The predicted molar refractivity (Wildman–Crippen MR) is 67.2 cm³/mol. The third kappa shape index (κ3) is 4.52. The van der Waals surface area contributed by atoms with Crippen molar-refractivity contribution >= 4 is 0 Å². The van der Waals surface area contributed by atoms with Gasteiger partial charge in [0.15, 0.2) is 0 Å². The topological polar surface area (TPSA) is 15.3 Å². The van der Waals surface area contributed by atoms with Crippen LogP contribution in [0.2, 0.25) is 0 Å². The molecule has 90 valence electrons. The van der Waals surface area contributed by atoms with Gasteiger partial charge in [-0.3, -0.25) is 0 Å². The molecule has 2 unspecified atom stereocenters. The summed E-state index contributed by atoms with van der Waals surface area (Å²) < 4.78 is 0. The van der Waals surface area contributed by atoms with E-state index in [9.17, 15) is 0 Å². The number of nitrogens with one attached hydrogen (secondary N) is 1. The third-order valence-corrected chi connectivity index (χ3v) is 3.44. The first-order chi connectivity index (χ1) is 7.30. The van der Waals surface area contributed by atoms with Crippen LogP contribution in [0.4, 0.5) is 0 Å². The molecule has 0 radical (unpaired) electrons. The Balaban J connectivity index is 2.36. The predicted octanol–water partition coefficient (Wildman–Crippen LogP) is 2.50. The molecule has 1 aliphatic heterocycles. The fourth-order valence-electron chi connectivity index (χ4n) is 2.67. The fraction of sp³-hybridized carbons (Fsp3) is 1.00. The lowest BCUT2D eigenvalue weighted by Crippen LogP contribution is -2.49. The minimum absolute atomic E-state index is 0.746. The van der Waals surface area contributed by atoms with Gasteiger partial charge in [0, 0.05) is 19.1 Å². The van der Waals surface area contributed by atoms with E-state index in [1.54, 1.807) is 0 Å².